The smallest absolute Gasteiger partial charge is 0.326 e. The van der Waals surface area contributed by atoms with Crippen molar-refractivity contribution in [1.82, 2.24) is 9.88 Å². The number of carbonyl (C=O) groups is 2. The van der Waals surface area contributed by atoms with Crippen LogP contribution in [0, 0.1) is 5.92 Å². The van der Waals surface area contributed by atoms with Gasteiger partial charge in [-0.2, -0.15) is 0 Å². The molecule has 34 heavy (non-hydrogen) atoms. The van der Waals surface area contributed by atoms with Crippen LogP contribution < -0.4 is 15.5 Å². The predicted octanol–water partition coefficient (Wildman–Crippen LogP) is 4.67. The van der Waals surface area contributed by atoms with Crippen molar-refractivity contribution in [1.29, 1.82) is 0 Å². The maximum atomic E-state index is 13.3. The fourth-order valence-corrected chi connectivity index (χ4v) is 4.85. The summed E-state index contributed by atoms with van der Waals surface area (Å²) in [7, 11) is 0. The summed E-state index contributed by atoms with van der Waals surface area (Å²) in [5, 5.41) is 7.09. The van der Waals surface area contributed by atoms with E-state index in [0.29, 0.717) is 35.6 Å². The molecule has 2 fully saturated rings. The molecule has 1 aliphatic carbocycles. The monoisotopic (exact) mass is 499 g/mol. The number of urea groups is 1. The average Bonchev–Trinajstić information content (AvgIpc) is 3.62. The zero-order chi connectivity index (χ0) is 23.5. The SMILES string of the molecule is O=C(Nc1nc2ccc(N(CCN3CCOCC3)C(=O)Nc3ccc(Cl)cc3)cc2s1)C1CC1. The van der Waals surface area contributed by atoms with E-state index in [2.05, 4.69) is 20.5 Å². The normalized spacial score (nSPS) is 16.4. The van der Waals surface area contributed by atoms with Crippen LogP contribution in [0.4, 0.5) is 21.3 Å². The third kappa shape index (κ3) is 5.67. The second-order valence-electron chi connectivity index (χ2n) is 8.48. The zero-order valence-electron chi connectivity index (χ0n) is 18.6. The second kappa shape index (κ2) is 10.3. The Morgan fingerprint density at radius 1 is 1.12 bits per heavy atom. The van der Waals surface area contributed by atoms with E-state index < -0.39 is 0 Å². The van der Waals surface area contributed by atoms with E-state index >= 15 is 0 Å². The summed E-state index contributed by atoms with van der Waals surface area (Å²) in [4.78, 5) is 34.0. The van der Waals surface area contributed by atoms with Gasteiger partial charge in [-0.3, -0.25) is 14.6 Å². The number of carbonyl (C=O) groups excluding carboxylic acids is 2. The van der Waals surface area contributed by atoms with Crippen molar-refractivity contribution in [2.45, 2.75) is 12.8 Å². The lowest BCUT2D eigenvalue weighted by Gasteiger charge is -2.30. The van der Waals surface area contributed by atoms with Crippen LogP contribution >= 0.6 is 22.9 Å². The molecule has 0 atom stereocenters. The van der Waals surface area contributed by atoms with Crippen molar-refractivity contribution in [3.05, 3.63) is 47.5 Å². The summed E-state index contributed by atoms with van der Waals surface area (Å²) < 4.78 is 6.36. The molecule has 1 aromatic heterocycles. The van der Waals surface area contributed by atoms with Crippen LogP contribution in [0.25, 0.3) is 10.2 Å². The van der Waals surface area contributed by atoms with Gasteiger partial charge in [0.05, 0.1) is 23.4 Å². The van der Waals surface area contributed by atoms with Crippen LogP contribution in [0.15, 0.2) is 42.5 Å². The molecular weight excluding hydrogens is 474 g/mol. The number of halogens is 1. The Hall–Kier alpha value is -2.72. The summed E-state index contributed by atoms with van der Waals surface area (Å²) in [6.45, 7) is 4.38. The molecule has 3 aromatic rings. The molecule has 2 aliphatic rings. The average molecular weight is 500 g/mol. The minimum atomic E-state index is -0.221. The molecule has 0 bridgehead atoms. The topological polar surface area (TPSA) is 86.8 Å². The summed E-state index contributed by atoms with van der Waals surface area (Å²) in [6.07, 6.45) is 1.89. The van der Waals surface area contributed by atoms with Crippen LogP contribution in [-0.2, 0) is 9.53 Å². The Balaban J connectivity index is 1.36. The molecule has 10 heteroatoms. The van der Waals surface area contributed by atoms with Crippen LogP contribution in [0.3, 0.4) is 0 Å². The lowest BCUT2D eigenvalue weighted by Crippen LogP contribution is -2.44. The fraction of sp³-hybridized carbons (Fsp3) is 0.375. The van der Waals surface area contributed by atoms with Gasteiger partial charge < -0.3 is 15.4 Å². The Morgan fingerprint density at radius 3 is 2.62 bits per heavy atom. The van der Waals surface area contributed by atoms with E-state index in [9.17, 15) is 9.59 Å². The number of hydrogen-bond acceptors (Lipinski definition) is 6. The fourth-order valence-electron chi connectivity index (χ4n) is 3.83. The van der Waals surface area contributed by atoms with Crippen LogP contribution in [-0.4, -0.2) is 61.2 Å². The Bertz CT molecular complexity index is 1180. The highest BCUT2D eigenvalue weighted by molar-refractivity contribution is 7.22. The minimum absolute atomic E-state index is 0.0359. The number of anilines is 3. The lowest BCUT2D eigenvalue weighted by atomic mass is 10.2. The van der Waals surface area contributed by atoms with E-state index in [0.717, 1.165) is 48.4 Å². The van der Waals surface area contributed by atoms with Gasteiger partial charge in [-0.15, -0.1) is 0 Å². The Labute approximate surface area is 206 Å². The number of nitrogens with zero attached hydrogens (tertiary/aromatic N) is 3. The maximum absolute atomic E-state index is 13.3. The van der Waals surface area contributed by atoms with Crippen molar-refractivity contribution < 1.29 is 14.3 Å². The molecule has 2 N–H and O–H groups in total. The zero-order valence-corrected chi connectivity index (χ0v) is 20.2. The number of thiazole rings is 1. The molecule has 1 saturated heterocycles. The number of rotatable bonds is 7. The summed E-state index contributed by atoms with van der Waals surface area (Å²) in [5.74, 6) is 0.156. The summed E-state index contributed by atoms with van der Waals surface area (Å²) in [6, 6.07) is 12.6. The molecular formula is C24H26ClN5O3S. The molecule has 8 nitrogen and oxygen atoms in total. The summed E-state index contributed by atoms with van der Waals surface area (Å²) >= 11 is 7.40. The van der Waals surface area contributed by atoms with Crippen LogP contribution in [0.1, 0.15) is 12.8 Å². The molecule has 178 valence electrons. The number of benzene rings is 2. The van der Waals surface area contributed by atoms with Crippen molar-refractivity contribution in [2.75, 3.05) is 54.9 Å². The van der Waals surface area contributed by atoms with Crippen LogP contribution in [0.2, 0.25) is 5.02 Å². The van der Waals surface area contributed by atoms with Gasteiger partial charge in [-0.25, -0.2) is 9.78 Å². The van der Waals surface area contributed by atoms with Gasteiger partial charge in [0, 0.05) is 48.5 Å². The highest BCUT2D eigenvalue weighted by Gasteiger charge is 2.30. The van der Waals surface area contributed by atoms with Crippen molar-refractivity contribution in [3.63, 3.8) is 0 Å². The first kappa shape index (κ1) is 23.0. The number of fused-ring (bicyclic) bond motifs is 1. The number of aromatic nitrogens is 1. The van der Waals surface area contributed by atoms with Crippen molar-refractivity contribution in [2.24, 2.45) is 5.92 Å². The number of hydrogen-bond donors (Lipinski definition) is 2. The minimum Gasteiger partial charge on any atom is -0.379 e. The first-order valence-electron chi connectivity index (χ1n) is 11.4. The lowest BCUT2D eigenvalue weighted by molar-refractivity contribution is -0.117. The van der Waals surface area contributed by atoms with Gasteiger partial charge >= 0.3 is 6.03 Å². The largest absolute Gasteiger partial charge is 0.379 e. The standard InChI is InChI=1S/C24H26ClN5O3S/c25-17-3-5-18(6-4-17)26-24(32)30(10-9-29-11-13-33-14-12-29)19-7-8-20-21(15-19)34-23(27-20)28-22(31)16-1-2-16/h3-8,15-16H,1-2,9-14H2,(H,26,32)(H,27,28,31). The molecule has 1 aliphatic heterocycles. The summed E-state index contributed by atoms with van der Waals surface area (Å²) in [5.41, 5.74) is 2.25. The Kier molecular flexibility index (Phi) is 6.96. The first-order valence-corrected chi connectivity index (χ1v) is 12.6. The van der Waals surface area contributed by atoms with Crippen molar-refractivity contribution in [3.8, 4) is 0 Å². The highest BCUT2D eigenvalue weighted by atomic mass is 35.5. The molecule has 3 amide bonds. The maximum Gasteiger partial charge on any atom is 0.326 e. The molecule has 5 rings (SSSR count). The third-order valence-corrected chi connectivity index (χ3v) is 7.13. The third-order valence-electron chi connectivity index (χ3n) is 5.95. The number of ether oxygens (including phenoxy) is 1. The van der Waals surface area contributed by atoms with E-state index in [4.69, 9.17) is 16.3 Å². The molecule has 2 aromatic carbocycles. The van der Waals surface area contributed by atoms with Gasteiger partial charge in [0.1, 0.15) is 0 Å². The van der Waals surface area contributed by atoms with E-state index in [1.807, 2.05) is 18.2 Å². The van der Waals surface area contributed by atoms with Crippen LogP contribution in [0.5, 0.6) is 0 Å². The molecule has 0 spiro atoms. The number of morpholine rings is 1. The van der Waals surface area contributed by atoms with E-state index in [-0.39, 0.29) is 17.9 Å². The van der Waals surface area contributed by atoms with Gasteiger partial charge in [0.15, 0.2) is 5.13 Å². The van der Waals surface area contributed by atoms with Gasteiger partial charge in [-0.1, -0.05) is 22.9 Å². The number of amides is 3. The quantitative estimate of drug-likeness (QED) is 0.493. The second-order valence-corrected chi connectivity index (χ2v) is 9.94. The molecule has 2 heterocycles. The molecule has 0 radical (unpaired) electrons. The predicted molar refractivity (Wildman–Crippen MR) is 136 cm³/mol. The van der Waals surface area contributed by atoms with E-state index in [1.54, 1.807) is 29.2 Å². The molecule has 0 unspecified atom stereocenters. The van der Waals surface area contributed by atoms with E-state index in [1.165, 1.54) is 11.3 Å². The van der Waals surface area contributed by atoms with Gasteiger partial charge in [-0.05, 0) is 55.3 Å². The number of nitrogens with one attached hydrogen (secondary N) is 2. The first-order chi connectivity index (χ1) is 16.5. The molecule has 1 saturated carbocycles. The van der Waals surface area contributed by atoms with Crippen molar-refractivity contribution >= 4 is 61.6 Å². The van der Waals surface area contributed by atoms with Gasteiger partial charge in [0.2, 0.25) is 5.91 Å². The van der Waals surface area contributed by atoms with Gasteiger partial charge in [0.25, 0.3) is 0 Å². The Morgan fingerprint density at radius 2 is 1.88 bits per heavy atom. The highest BCUT2D eigenvalue weighted by Crippen LogP contribution is 2.33.